The number of aromatic nitrogens is 4. The van der Waals surface area contributed by atoms with Gasteiger partial charge in [0.15, 0.2) is 0 Å². The van der Waals surface area contributed by atoms with Crippen molar-refractivity contribution in [3.63, 3.8) is 0 Å². The van der Waals surface area contributed by atoms with E-state index in [-0.39, 0.29) is 0 Å². The molecule has 0 bridgehead atoms. The Bertz CT molecular complexity index is 3870. The summed E-state index contributed by atoms with van der Waals surface area (Å²) in [5.74, 6) is 0.659. The van der Waals surface area contributed by atoms with Gasteiger partial charge in [0, 0.05) is 73.5 Å². The minimum Gasteiger partial charge on any atom is -0.455 e. The van der Waals surface area contributed by atoms with E-state index in [0.717, 1.165) is 59.8 Å². The molecule has 0 saturated carbocycles. The second-order valence-corrected chi connectivity index (χ2v) is 16.2. The molecule has 0 atom stereocenters. The van der Waals surface area contributed by atoms with Gasteiger partial charge in [-0.1, -0.05) is 78.9 Å². The van der Waals surface area contributed by atoms with Crippen molar-refractivity contribution in [1.29, 1.82) is 0 Å². The summed E-state index contributed by atoms with van der Waals surface area (Å²) in [6.07, 6.45) is 0. The largest absolute Gasteiger partial charge is 0.455 e. The Morgan fingerprint density at radius 3 is 2.15 bits per heavy atom. The smallest absolute Gasteiger partial charge is 0.236 e. The molecule has 7 aromatic heterocycles. The standard InChI is InChI=1S/C46H22N4OS2/c1-4-14-29-23(9-1)25-19-21-36-41-40-35(52-36)22-20-32-39(40)38-30(49(29)43(25)41)15-8-16-31(38)50(32)46-47-42(37-27-11-3-6-18-34(27)53-45(37)48-46)28-13-7-12-26-24-10-2-5-17-33(24)51-44(26)28/h1-22H. The zero-order valence-electron chi connectivity index (χ0n) is 27.7. The van der Waals surface area contributed by atoms with Crippen LogP contribution in [0.1, 0.15) is 0 Å². The van der Waals surface area contributed by atoms with Crippen molar-refractivity contribution < 1.29 is 4.42 Å². The van der Waals surface area contributed by atoms with E-state index in [1.807, 2.05) is 23.5 Å². The van der Waals surface area contributed by atoms with Crippen LogP contribution in [0, 0.1) is 0 Å². The molecule has 0 amide bonds. The maximum atomic E-state index is 6.64. The Morgan fingerprint density at radius 2 is 1.19 bits per heavy atom. The van der Waals surface area contributed by atoms with E-state index < -0.39 is 0 Å². The summed E-state index contributed by atoms with van der Waals surface area (Å²) in [5.41, 5.74) is 9.48. The summed E-state index contributed by atoms with van der Waals surface area (Å²) in [5, 5.41) is 12.1. The van der Waals surface area contributed by atoms with Crippen LogP contribution in [0.25, 0.3) is 129 Å². The first-order chi connectivity index (χ1) is 26.3. The van der Waals surface area contributed by atoms with Crippen LogP contribution in [0.15, 0.2) is 138 Å². The molecule has 0 spiro atoms. The van der Waals surface area contributed by atoms with E-state index >= 15 is 0 Å². The number of fused-ring (bicyclic) bond motifs is 10. The highest BCUT2D eigenvalue weighted by molar-refractivity contribution is 7.26. The molecular weight excluding hydrogens is 689 g/mol. The van der Waals surface area contributed by atoms with Crippen LogP contribution in [0.2, 0.25) is 0 Å². The molecule has 0 aliphatic carbocycles. The first-order valence-corrected chi connectivity index (χ1v) is 19.4. The van der Waals surface area contributed by atoms with Crippen molar-refractivity contribution in [3.8, 4) is 17.2 Å². The topological polar surface area (TPSA) is 48.3 Å². The lowest BCUT2D eigenvalue weighted by molar-refractivity contribution is 0.670. The molecule has 7 aromatic carbocycles. The number of hydrogen-bond donors (Lipinski definition) is 0. The van der Waals surface area contributed by atoms with Gasteiger partial charge in [-0.25, -0.2) is 9.97 Å². The fraction of sp³-hybridized carbons (Fsp3) is 0. The molecule has 53 heavy (non-hydrogen) atoms. The molecule has 0 unspecified atom stereocenters. The van der Waals surface area contributed by atoms with Gasteiger partial charge < -0.3 is 8.82 Å². The lowest BCUT2D eigenvalue weighted by Gasteiger charge is -2.11. The first-order valence-electron chi connectivity index (χ1n) is 17.8. The van der Waals surface area contributed by atoms with Gasteiger partial charge in [-0.2, -0.15) is 0 Å². The molecule has 0 aliphatic heterocycles. The number of thiophene rings is 2. The normalized spacial score (nSPS) is 12.9. The second kappa shape index (κ2) is 9.27. The van der Waals surface area contributed by atoms with Crippen LogP contribution in [0.4, 0.5) is 0 Å². The molecule has 14 rings (SSSR count). The van der Waals surface area contributed by atoms with Crippen molar-refractivity contribution in [3.05, 3.63) is 133 Å². The molecule has 5 nitrogen and oxygen atoms in total. The van der Waals surface area contributed by atoms with Crippen LogP contribution in [-0.4, -0.2) is 18.9 Å². The fourth-order valence-electron chi connectivity index (χ4n) is 9.42. The molecule has 0 radical (unpaired) electrons. The lowest BCUT2D eigenvalue weighted by Crippen LogP contribution is -2.03. The molecular formula is C46H22N4OS2. The van der Waals surface area contributed by atoms with E-state index in [1.165, 1.54) is 63.0 Å². The summed E-state index contributed by atoms with van der Waals surface area (Å²) in [7, 11) is 0. The predicted octanol–water partition coefficient (Wildman–Crippen LogP) is 13.3. The summed E-state index contributed by atoms with van der Waals surface area (Å²) in [4.78, 5) is 12.0. The molecule has 0 N–H and O–H groups in total. The summed E-state index contributed by atoms with van der Waals surface area (Å²) >= 11 is 3.60. The third kappa shape index (κ3) is 3.17. The Kier molecular flexibility index (Phi) is 4.75. The number of rotatable bonds is 2. The minimum atomic E-state index is 0.659. The van der Waals surface area contributed by atoms with Gasteiger partial charge in [0.05, 0.1) is 33.3 Å². The average molecular weight is 711 g/mol. The van der Waals surface area contributed by atoms with Crippen molar-refractivity contribution in [2.75, 3.05) is 0 Å². The number of hydrogen-bond acceptors (Lipinski definition) is 5. The lowest BCUT2D eigenvalue weighted by atomic mass is 10.0. The van der Waals surface area contributed by atoms with Gasteiger partial charge in [0.2, 0.25) is 5.95 Å². The predicted molar refractivity (Wildman–Crippen MR) is 223 cm³/mol. The van der Waals surface area contributed by atoms with Crippen LogP contribution >= 0.6 is 22.7 Å². The molecule has 0 fully saturated rings. The Labute approximate surface area is 306 Å². The SMILES string of the molecule is c1ccc2c(c1)oc1c(-c3nc(-n4c5ccc6sc7ccc8c9ccccc9n9c%10cccc4c%10c5c6c7c89)nc4sc5ccccc5c34)cccc12. The third-order valence-electron chi connectivity index (χ3n) is 11.5. The maximum absolute atomic E-state index is 6.64. The van der Waals surface area contributed by atoms with Crippen LogP contribution < -0.4 is 0 Å². The number of para-hydroxylation sites is 3. The Balaban J connectivity index is 1.19. The van der Waals surface area contributed by atoms with E-state index in [0.29, 0.717) is 5.95 Å². The van der Waals surface area contributed by atoms with Crippen LogP contribution in [0.3, 0.4) is 0 Å². The van der Waals surface area contributed by atoms with Gasteiger partial charge in [0.25, 0.3) is 0 Å². The number of benzene rings is 7. The molecule has 7 heterocycles. The highest BCUT2D eigenvalue weighted by Crippen LogP contribution is 2.50. The van der Waals surface area contributed by atoms with Crippen LogP contribution in [0.5, 0.6) is 0 Å². The van der Waals surface area contributed by atoms with Gasteiger partial charge in [-0.05, 0) is 54.6 Å². The average Bonchev–Trinajstić information content (AvgIpc) is 3.99. The molecule has 244 valence electrons. The van der Waals surface area contributed by atoms with Gasteiger partial charge >= 0.3 is 0 Å². The fourth-order valence-corrected chi connectivity index (χ4v) is 11.6. The number of nitrogens with zero attached hydrogens (tertiary/aromatic N) is 4. The summed E-state index contributed by atoms with van der Waals surface area (Å²) in [6.45, 7) is 0. The summed E-state index contributed by atoms with van der Waals surface area (Å²) in [6, 6.07) is 48.0. The van der Waals surface area contributed by atoms with E-state index in [4.69, 9.17) is 14.4 Å². The third-order valence-corrected chi connectivity index (χ3v) is 13.7. The highest BCUT2D eigenvalue weighted by atomic mass is 32.1. The first kappa shape index (κ1) is 27.2. The van der Waals surface area contributed by atoms with E-state index in [2.05, 4.69) is 130 Å². The van der Waals surface area contributed by atoms with Crippen LogP contribution in [-0.2, 0) is 0 Å². The molecule has 0 saturated heterocycles. The van der Waals surface area contributed by atoms with Gasteiger partial charge in [0.1, 0.15) is 16.0 Å². The number of furan rings is 1. The van der Waals surface area contributed by atoms with Crippen molar-refractivity contribution in [2.45, 2.75) is 0 Å². The second-order valence-electron chi connectivity index (χ2n) is 14.1. The zero-order chi connectivity index (χ0) is 34.1. The Hall–Kier alpha value is -6.54. The molecule has 7 heteroatoms. The van der Waals surface area contributed by atoms with Crippen molar-refractivity contribution in [2.24, 2.45) is 0 Å². The van der Waals surface area contributed by atoms with Gasteiger partial charge in [-0.15, -0.1) is 22.7 Å². The molecule has 14 aromatic rings. The van der Waals surface area contributed by atoms with Crippen molar-refractivity contribution >= 4 is 134 Å². The van der Waals surface area contributed by atoms with E-state index in [1.54, 1.807) is 11.3 Å². The van der Waals surface area contributed by atoms with Crippen molar-refractivity contribution in [1.82, 2.24) is 18.9 Å². The zero-order valence-corrected chi connectivity index (χ0v) is 29.3. The minimum absolute atomic E-state index is 0.659. The van der Waals surface area contributed by atoms with E-state index in [9.17, 15) is 0 Å². The highest BCUT2D eigenvalue weighted by Gasteiger charge is 2.27. The Morgan fingerprint density at radius 1 is 0.453 bits per heavy atom. The molecule has 0 aliphatic rings. The quantitative estimate of drug-likeness (QED) is 0.179. The maximum Gasteiger partial charge on any atom is 0.236 e. The van der Waals surface area contributed by atoms with Gasteiger partial charge in [-0.3, -0.25) is 4.57 Å². The summed E-state index contributed by atoms with van der Waals surface area (Å²) < 4.78 is 15.2. The monoisotopic (exact) mass is 710 g/mol.